The second-order valence-electron chi connectivity index (χ2n) is 8.67. The third-order valence-electron chi connectivity index (χ3n) is 6.31. The van der Waals surface area contributed by atoms with Crippen molar-refractivity contribution in [3.05, 3.63) is 102 Å². The first-order valence-corrected chi connectivity index (χ1v) is 11.3. The molecule has 7 nitrogen and oxygen atoms in total. The molecule has 0 aliphatic rings. The molecule has 0 aliphatic carbocycles. The Kier molecular flexibility index (Phi) is 5.70. The number of benzene rings is 2. The molecule has 176 valence electrons. The van der Waals surface area contributed by atoms with Gasteiger partial charge in [0.05, 0.1) is 36.4 Å². The van der Waals surface area contributed by atoms with Crippen molar-refractivity contribution in [1.29, 1.82) is 0 Å². The molecule has 3 aromatic heterocycles. The molecule has 5 aromatic rings. The standard InChI is InChI=1S/C28H27N5O2/c1-32(2)27-25(19-8-6-5-7-9-19)26(35-4)22-16-21(10-11-23(22)31-27)28(34,20-12-14-29-15-13-20)24-17-30-18-33(24)3/h5-18,34H,1-4H3. The first-order valence-electron chi connectivity index (χ1n) is 11.3. The molecule has 1 unspecified atom stereocenters. The first kappa shape index (κ1) is 22.6. The fourth-order valence-corrected chi connectivity index (χ4v) is 4.61. The largest absolute Gasteiger partial charge is 0.495 e. The topological polar surface area (TPSA) is 76.3 Å². The summed E-state index contributed by atoms with van der Waals surface area (Å²) in [5, 5.41) is 13.1. The minimum atomic E-state index is -1.46. The van der Waals surface area contributed by atoms with Gasteiger partial charge in [0.25, 0.3) is 0 Å². The fraction of sp³-hybridized carbons (Fsp3) is 0.179. The van der Waals surface area contributed by atoms with Gasteiger partial charge in [-0.2, -0.15) is 0 Å². The Bertz CT molecular complexity index is 1480. The summed E-state index contributed by atoms with van der Waals surface area (Å²) < 4.78 is 7.84. The second kappa shape index (κ2) is 8.85. The number of ether oxygens (including phenoxy) is 1. The number of anilines is 1. The molecule has 1 N–H and O–H groups in total. The molecule has 3 heterocycles. The molecule has 1 atom stereocenters. The lowest BCUT2D eigenvalue weighted by Gasteiger charge is -2.30. The normalized spacial score (nSPS) is 12.9. The van der Waals surface area contributed by atoms with Crippen LogP contribution in [0, 0.1) is 0 Å². The van der Waals surface area contributed by atoms with Crippen molar-refractivity contribution < 1.29 is 9.84 Å². The number of aromatic nitrogens is 4. The Morgan fingerprint density at radius 2 is 1.69 bits per heavy atom. The van der Waals surface area contributed by atoms with Crippen molar-refractivity contribution in [3.8, 4) is 16.9 Å². The Labute approximate surface area is 204 Å². The quantitative estimate of drug-likeness (QED) is 0.401. The molecule has 7 heteroatoms. The molecule has 0 spiro atoms. The molecular weight excluding hydrogens is 438 g/mol. The second-order valence-corrected chi connectivity index (χ2v) is 8.67. The number of fused-ring (bicyclic) bond motifs is 1. The van der Waals surface area contributed by atoms with Crippen molar-refractivity contribution in [2.45, 2.75) is 5.60 Å². The maximum Gasteiger partial charge on any atom is 0.157 e. The Morgan fingerprint density at radius 3 is 2.31 bits per heavy atom. The van der Waals surface area contributed by atoms with Crippen LogP contribution < -0.4 is 9.64 Å². The summed E-state index contributed by atoms with van der Waals surface area (Å²) >= 11 is 0. The maximum absolute atomic E-state index is 12.3. The van der Waals surface area contributed by atoms with Crippen LogP contribution in [0.1, 0.15) is 16.8 Å². The number of nitrogens with zero attached hydrogens (tertiary/aromatic N) is 5. The van der Waals surface area contributed by atoms with Crippen molar-refractivity contribution in [3.63, 3.8) is 0 Å². The molecule has 35 heavy (non-hydrogen) atoms. The van der Waals surface area contributed by atoms with Crippen molar-refractivity contribution >= 4 is 16.7 Å². The highest BCUT2D eigenvalue weighted by Crippen LogP contribution is 2.44. The van der Waals surface area contributed by atoms with Gasteiger partial charge in [-0.3, -0.25) is 4.98 Å². The molecule has 0 fully saturated rings. The summed E-state index contributed by atoms with van der Waals surface area (Å²) in [6, 6.07) is 19.5. The van der Waals surface area contributed by atoms with E-state index in [1.54, 1.807) is 32.0 Å². The van der Waals surface area contributed by atoms with Gasteiger partial charge in [0.15, 0.2) is 5.60 Å². The van der Waals surface area contributed by atoms with E-state index in [1.807, 2.05) is 91.3 Å². The summed E-state index contributed by atoms with van der Waals surface area (Å²) in [6.07, 6.45) is 6.72. The molecule has 5 rings (SSSR count). The van der Waals surface area contributed by atoms with E-state index >= 15 is 0 Å². The number of hydrogen-bond acceptors (Lipinski definition) is 6. The monoisotopic (exact) mass is 465 g/mol. The predicted molar refractivity (Wildman–Crippen MR) is 138 cm³/mol. The lowest BCUT2D eigenvalue weighted by Crippen LogP contribution is -2.31. The van der Waals surface area contributed by atoms with E-state index in [0.717, 1.165) is 27.8 Å². The van der Waals surface area contributed by atoms with Gasteiger partial charge in [-0.05, 0) is 41.0 Å². The zero-order valence-electron chi connectivity index (χ0n) is 20.2. The van der Waals surface area contributed by atoms with Gasteiger partial charge < -0.3 is 19.3 Å². The molecule has 0 amide bonds. The molecule has 0 saturated heterocycles. The van der Waals surface area contributed by atoms with Gasteiger partial charge in [-0.25, -0.2) is 9.97 Å². The zero-order chi connectivity index (χ0) is 24.6. The van der Waals surface area contributed by atoms with Gasteiger partial charge in [0, 0.05) is 38.9 Å². The average molecular weight is 466 g/mol. The zero-order valence-corrected chi connectivity index (χ0v) is 20.2. The third-order valence-corrected chi connectivity index (χ3v) is 6.31. The van der Waals surface area contributed by atoms with Gasteiger partial charge in [0.1, 0.15) is 11.6 Å². The van der Waals surface area contributed by atoms with Crippen LogP contribution in [0.5, 0.6) is 5.75 Å². The van der Waals surface area contributed by atoms with Crippen LogP contribution >= 0.6 is 0 Å². The van der Waals surface area contributed by atoms with Gasteiger partial charge >= 0.3 is 0 Å². The number of aliphatic hydroxyl groups is 1. The summed E-state index contributed by atoms with van der Waals surface area (Å²) in [5.41, 5.74) is 3.23. The average Bonchev–Trinajstić information content (AvgIpc) is 3.34. The lowest BCUT2D eigenvalue weighted by molar-refractivity contribution is 0.117. The summed E-state index contributed by atoms with van der Waals surface area (Å²) in [7, 11) is 7.48. The highest BCUT2D eigenvalue weighted by atomic mass is 16.5. The lowest BCUT2D eigenvalue weighted by atomic mass is 9.83. The number of aryl methyl sites for hydroxylation is 1. The van der Waals surface area contributed by atoms with Crippen LogP contribution in [0.4, 0.5) is 5.82 Å². The van der Waals surface area contributed by atoms with E-state index in [9.17, 15) is 5.11 Å². The van der Waals surface area contributed by atoms with Gasteiger partial charge in [-0.1, -0.05) is 36.4 Å². The van der Waals surface area contributed by atoms with Crippen molar-refractivity contribution in [2.24, 2.45) is 7.05 Å². The number of methoxy groups -OCH3 is 1. The van der Waals surface area contributed by atoms with Crippen molar-refractivity contribution in [2.75, 3.05) is 26.1 Å². The number of rotatable bonds is 6. The van der Waals surface area contributed by atoms with E-state index < -0.39 is 5.60 Å². The fourth-order valence-electron chi connectivity index (χ4n) is 4.61. The smallest absolute Gasteiger partial charge is 0.157 e. The minimum absolute atomic E-state index is 0.642. The van der Waals surface area contributed by atoms with Crippen LogP contribution in [-0.4, -0.2) is 45.8 Å². The summed E-state index contributed by atoms with van der Waals surface area (Å²) in [6.45, 7) is 0. The van der Waals surface area contributed by atoms with Gasteiger partial charge in [-0.15, -0.1) is 0 Å². The SMILES string of the molecule is COc1c(-c2ccccc2)c(N(C)C)nc2ccc(C(O)(c3ccncc3)c3cncn3C)cc12. The molecule has 0 saturated carbocycles. The summed E-state index contributed by atoms with van der Waals surface area (Å²) in [4.78, 5) is 15.4. The van der Waals surface area contributed by atoms with E-state index in [-0.39, 0.29) is 0 Å². The van der Waals surface area contributed by atoms with Crippen LogP contribution in [0.2, 0.25) is 0 Å². The number of imidazole rings is 1. The summed E-state index contributed by atoms with van der Waals surface area (Å²) in [5.74, 6) is 1.51. The molecule has 0 aliphatic heterocycles. The molecule has 0 bridgehead atoms. The highest BCUT2D eigenvalue weighted by molar-refractivity contribution is 5.98. The molecular formula is C28H27N5O2. The third kappa shape index (κ3) is 3.70. The van der Waals surface area contributed by atoms with E-state index in [0.29, 0.717) is 22.6 Å². The van der Waals surface area contributed by atoms with Gasteiger partial charge in [0.2, 0.25) is 0 Å². The van der Waals surface area contributed by atoms with Crippen LogP contribution in [0.15, 0.2) is 85.6 Å². The number of pyridine rings is 2. The van der Waals surface area contributed by atoms with E-state index in [4.69, 9.17) is 9.72 Å². The van der Waals surface area contributed by atoms with Crippen LogP contribution in [0.3, 0.4) is 0 Å². The molecule has 2 aromatic carbocycles. The predicted octanol–water partition coefficient (Wildman–Crippen LogP) is 4.39. The molecule has 0 radical (unpaired) electrons. The maximum atomic E-state index is 12.3. The Hall–Kier alpha value is -4.23. The Balaban J connectivity index is 1.83. The van der Waals surface area contributed by atoms with Crippen LogP contribution in [-0.2, 0) is 12.6 Å². The van der Waals surface area contributed by atoms with Crippen molar-refractivity contribution in [1.82, 2.24) is 19.5 Å². The van der Waals surface area contributed by atoms with E-state index in [1.165, 1.54) is 0 Å². The highest BCUT2D eigenvalue weighted by Gasteiger charge is 2.37. The van der Waals surface area contributed by atoms with E-state index in [2.05, 4.69) is 9.97 Å². The number of hydrogen-bond donors (Lipinski definition) is 1. The minimum Gasteiger partial charge on any atom is -0.495 e. The van der Waals surface area contributed by atoms with Crippen LogP contribution in [0.25, 0.3) is 22.0 Å². The Morgan fingerprint density at radius 1 is 0.943 bits per heavy atom. The first-order chi connectivity index (χ1) is 16.9.